The van der Waals surface area contributed by atoms with Crippen molar-refractivity contribution in [2.75, 3.05) is 12.4 Å². The molecule has 2 rings (SSSR count). The average molecular weight is 284 g/mol. The van der Waals surface area contributed by atoms with Crippen molar-refractivity contribution >= 4 is 15.7 Å². The van der Waals surface area contributed by atoms with Crippen LogP contribution in [0, 0.1) is 5.41 Å². The first-order chi connectivity index (χ1) is 8.77. The van der Waals surface area contributed by atoms with Crippen LogP contribution in [0.5, 0.6) is 0 Å². The maximum atomic E-state index is 11.6. The van der Waals surface area contributed by atoms with Crippen LogP contribution < -0.4 is 10.0 Å². The molecule has 1 aromatic rings. The van der Waals surface area contributed by atoms with Crippen molar-refractivity contribution in [1.82, 2.24) is 4.72 Å². The van der Waals surface area contributed by atoms with E-state index in [1.807, 2.05) is 13.8 Å². The van der Waals surface area contributed by atoms with E-state index in [4.69, 9.17) is 0 Å². The van der Waals surface area contributed by atoms with Crippen molar-refractivity contribution in [3.05, 3.63) is 24.3 Å². The Morgan fingerprint density at radius 1 is 1.26 bits per heavy atom. The average Bonchev–Trinajstić information content (AvgIpc) is 2.39. The van der Waals surface area contributed by atoms with Crippen LogP contribution in [0.4, 0.5) is 5.69 Å². The van der Waals surface area contributed by atoms with Gasteiger partial charge in [0.05, 0.1) is 11.0 Å². The maximum Gasteiger partial charge on any atom is 0.240 e. The first-order valence-electron chi connectivity index (χ1n) is 6.25. The zero-order chi connectivity index (χ0) is 14.3. The van der Waals surface area contributed by atoms with Crippen molar-refractivity contribution in [2.24, 2.45) is 5.41 Å². The Kier molecular flexibility index (Phi) is 3.59. The van der Waals surface area contributed by atoms with E-state index in [1.54, 1.807) is 24.3 Å². The molecule has 19 heavy (non-hydrogen) atoms. The summed E-state index contributed by atoms with van der Waals surface area (Å²) in [6.45, 7) is 4.03. The molecule has 0 radical (unpaired) electrons. The minimum absolute atomic E-state index is 0.157. The molecule has 0 aliphatic heterocycles. The van der Waals surface area contributed by atoms with E-state index in [0.717, 1.165) is 5.69 Å². The molecule has 0 bridgehead atoms. The molecule has 6 heteroatoms. The summed E-state index contributed by atoms with van der Waals surface area (Å²) in [6, 6.07) is 6.82. The van der Waals surface area contributed by atoms with Gasteiger partial charge in [-0.3, -0.25) is 0 Å². The quantitative estimate of drug-likeness (QED) is 0.775. The smallest absolute Gasteiger partial charge is 0.240 e. The number of sulfonamides is 1. The van der Waals surface area contributed by atoms with Gasteiger partial charge in [-0.15, -0.1) is 0 Å². The van der Waals surface area contributed by atoms with Crippen LogP contribution in [0.2, 0.25) is 0 Å². The van der Waals surface area contributed by atoms with Gasteiger partial charge in [0.15, 0.2) is 0 Å². The van der Waals surface area contributed by atoms with Crippen LogP contribution >= 0.6 is 0 Å². The highest BCUT2D eigenvalue weighted by Gasteiger charge is 2.47. The fourth-order valence-corrected chi connectivity index (χ4v) is 2.93. The van der Waals surface area contributed by atoms with E-state index < -0.39 is 10.0 Å². The number of hydrogen-bond donors (Lipinski definition) is 3. The van der Waals surface area contributed by atoms with Crippen molar-refractivity contribution in [3.8, 4) is 0 Å². The fraction of sp³-hybridized carbons (Fsp3) is 0.538. The molecule has 1 aliphatic rings. The monoisotopic (exact) mass is 284 g/mol. The minimum Gasteiger partial charge on any atom is -0.392 e. The number of aliphatic hydroxyl groups excluding tert-OH is 1. The Balaban J connectivity index is 2.09. The van der Waals surface area contributed by atoms with Crippen LogP contribution in [0.1, 0.15) is 20.3 Å². The first-order valence-corrected chi connectivity index (χ1v) is 7.74. The molecule has 0 aromatic heterocycles. The van der Waals surface area contributed by atoms with E-state index in [9.17, 15) is 13.5 Å². The van der Waals surface area contributed by atoms with Gasteiger partial charge in [0.25, 0.3) is 0 Å². The van der Waals surface area contributed by atoms with Gasteiger partial charge in [-0.05, 0) is 37.7 Å². The zero-order valence-electron chi connectivity index (χ0n) is 11.3. The molecule has 5 nitrogen and oxygen atoms in total. The lowest BCUT2D eigenvalue weighted by Gasteiger charge is -2.49. The molecule has 0 heterocycles. The van der Waals surface area contributed by atoms with E-state index >= 15 is 0 Å². The third-order valence-electron chi connectivity index (χ3n) is 3.99. The van der Waals surface area contributed by atoms with E-state index in [0.29, 0.717) is 6.42 Å². The summed E-state index contributed by atoms with van der Waals surface area (Å²) in [5.74, 6) is 0. The van der Waals surface area contributed by atoms with Crippen LogP contribution in [0.3, 0.4) is 0 Å². The molecule has 2 atom stereocenters. The first kappa shape index (κ1) is 14.3. The second-order valence-corrected chi connectivity index (χ2v) is 7.39. The summed E-state index contributed by atoms with van der Waals surface area (Å²) in [6.07, 6.45) is 0.428. The van der Waals surface area contributed by atoms with Gasteiger partial charge in [-0.1, -0.05) is 13.8 Å². The molecule has 1 aliphatic carbocycles. The number of rotatable bonds is 4. The fourth-order valence-electron chi connectivity index (χ4n) is 2.20. The molecule has 0 spiro atoms. The lowest BCUT2D eigenvalue weighted by Crippen LogP contribution is -2.56. The normalized spacial score (nSPS) is 25.7. The predicted octanol–water partition coefficient (Wildman–Crippen LogP) is 1.17. The summed E-state index contributed by atoms with van der Waals surface area (Å²) in [5, 5.41) is 13.0. The molecule has 1 aromatic carbocycles. The Morgan fingerprint density at radius 3 is 2.26 bits per heavy atom. The van der Waals surface area contributed by atoms with Crippen molar-refractivity contribution in [2.45, 2.75) is 37.3 Å². The highest BCUT2D eigenvalue weighted by atomic mass is 32.2. The molecule has 1 saturated carbocycles. The Morgan fingerprint density at radius 2 is 1.84 bits per heavy atom. The van der Waals surface area contributed by atoms with Crippen LogP contribution in [0.25, 0.3) is 0 Å². The highest BCUT2D eigenvalue weighted by molar-refractivity contribution is 7.89. The van der Waals surface area contributed by atoms with Crippen molar-refractivity contribution in [1.29, 1.82) is 0 Å². The minimum atomic E-state index is -3.38. The van der Waals surface area contributed by atoms with Gasteiger partial charge in [0, 0.05) is 17.1 Å². The number of hydrogen-bond acceptors (Lipinski definition) is 4. The molecule has 106 valence electrons. The van der Waals surface area contributed by atoms with Gasteiger partial charge in [0.2, 0.25) is 10.0 Å². The summed E-state index contributed by atoms with van der Waals surface area (Å²) < 4.78 is 25.4. The molecule has 3 N–H and O–H groups in total. The Bertz CT molecular complexity index is 552. The lowest BCUT2D eigenvalue weighted by molar-refractivity contribution is -0.0510. The summed E-state index contributed by atoms with van der Waals surface area (Å²) in [5.41, 5.74) is 0.704. The molecular weight excluding hydrogens is 264 g/mol. The van der Waals surface area contributed by atoms with E-state index in [2.05, 4.69) is 10.0 Å². The summed E-state index contributed by atoms with van der Waals surface area (Å²) >= 11 is 0. The van der Waals surface area contributed by atoms with Crippen molar-refractivity contribution in [3.63, 3.8) is 0 Å². The predicted molar refractivity (Wildman–Crippen MR) is 74.5 cm³/mol. The molecular formula is C13H20N2O3S. The van der Waals surface area contributed by atoms with Gasteiger partial charge >= 0.3 is 0 Å². The SMILES string of the molecule is CNS(=O)(=O)c1ccc(NC2CC(O)C2(C)C)cc1. The third-order valence-corrected chi connectivity index (χ3v) is 5.42. The molecule has 0 saturated heterocycles. The second kappa shape index (κ2) is 4.77. The van der Waals surface area contributed by atoms with Crippen LogP contribution in [-0.4, -0.2) is 32.7 Å². The van der Waals surface area contributed by atoms with Gasteiger partial charge in [-0.2, -0.15) is 0 Å². The Labute approximate surface area is 114 Å². The largest absolute Gasteiger partial charge is 0.392 e. The van der Waals surface area contributed by atoms with Gasteiger partial charge in [-0.25, -0.2) is 13.1 Å². The molecule has 1 fully saturated rings. The number of aliphatic hydroxyl groups is 1. The van der Waals surface area contributed by atoms with E-state index in [1.165, 1.54) is 7.05 Å². The van der Waals surface area contributed by atoms with Crippen molar-refractivity contribution < 1.29 is 13.5 Å². The number of benzene rings is 1. The van der Waals surface area contributed by atoms with Gasteiger partial charge < -0.3 is 10.4 Å². The third kappa shape index (κ3) is 2.61. The number of nitrogens with one attached hydrogen (secondary N) is 2. The van der Waals surface area contributed by atoms with Crippen LogP contribution in [-0.2, 0) is 10.0 Å². The lowest BCUT2D eigenvalue weighted by atomic mass is 9.64. The topological polar surface area (TPSA) is 78.4 Å². The highest BCUT2D eigenvalue weighted by Crippen LogP contribution is 2.42. The van der Waals surface area contributed by atoms with E-state index in [-0.39, 0.29) is 22.5 Å². The maximum absolute atomic E-state index is 11.6. The number of anilines is 1. The zero-order valence-corrected chi connectivity index (χ0v) is 12.2. The molecule has 0 amide bonds. The summed E-state index contributed by atoms with van der Waals surface area (Å²) in [4.78, 5) is 0.244. The molecule has 2 unspecified atom stereocenters. The second-order valence-electron chi connectivity index (χ2n) is 5.50. The summed E-state index contributed by atoms with van der Waals surface area (Å²) in [7, 11) is -2.00. The van der Waals surface area contributed by atoms with Crippen LogP contribution in [0.15, 0.2) is 29.2 Å². The van der Waals surface area contributed by atoms with Gasteiger partial charge in [0.1, 0.15) is 0 Å². The standard InChI is InChI=1S/C13H20N2O3S/c1-13(2)11(8-12(13)16)15-9-4-6-10(7-5-9)19(17,18)14-3/h4-7,11-12,14-16H,8H2,1-3H3. The Hall–Kier alpha value is -1.11.